The second-order valence-electron chi connectivity index (χ2n) is 5.77. The van der Waals surface area contributed by atoms with Crippen molar-refractivity contribution >= 4 is 17.7 Å². The normalized spacial score (nSPS) is 10.6. The van der Waals surface area contributed by atoms with E-state index in [9.17, 15) is 4.79 Å². The second kappa shape index (κ2) is 10.9. The van der Waals surface area contributed by atoms with Gasteiger partial charge in [-0.1, -0.05) is 19.1 Å². The third-order valence-corrected chi connectivity index (χ3v) is 3.59. The predicted molar refractivity (Wildman–Crippen MR) is 109 cm³/mol. The SMILES string of the molecule is CCCOc1ccc(/C=C/C(=O)Nc2ccc(OCC)c(OCC)c2)cc1. The summed E-state index contributed by atoms with van der Waals surface area (Å²) in [6, 6.07) is 13.0. The molecule has 0 atom stereocenters. The van der Waals surface area contributed by atoms with Crippen LogP contribution in [0.3, 0.4) is 0 Å². The molecule has 0 aromatic heterocycles. The lowest BCUT2D eigenvalue weighted by molar-refractivity contribution is -0.111. The molecule has 0 aliphatic heterocycles. The summed E-state index contributed by atoms with van der Waals surface area (Å²) in [6.07, 6.45) is 4.23. The van der Waals surface area contributed by atoms with Gasteiger partial charge in [-0.3, -0.25) is 4.79 Å². The Bertz CT molecular complexity index is 753. The maximum Gasteiger partial charge on any atom is 0.248 e. The summed E-state index contributed by atoms with van der Waals surface area (Å²) in [6.45, 7) is 7.66. The van der Waals surface area contributed by atoms with Gasteiger partial charge < -0.3 is 19.5 Å². The van der Waals surface area contributed by atoms with Crippen molar-refractivity contribution in [3.63, 3.8) is 0 Å². The fourth-order valence-electron chi connectivity index (χ4n) is 2.38. The summed E-state index contributed by atoms with van der Waals surface area (Å²) in [5.74, 6) is 1.89. The minimum Gasteiger partial charge on any atom is -0.494 e. The summed E-state index contributed by atoms with van der Waals surface area (Å²) in [5.41, 5.74) is 1.58. The molecule has 0 fully saturated rings. The summed E-state index contributed by atoms with van der Waals surface area (Å²) >= 11 is 0. The molecule has 0 saturated carbocycles. The van der Waals surface area contributed by atoms with Crippen LogP contribution in [0.1, 0.15) is 32.8 Å². The highest BCUT2D eigenvalue weighted by atomic mass is 16.5. The van der Waals surface area contributed by atoms with E-state index in [2.05, 4.69) is 12.2 Å². The van der Waals surface area contributed by atoms with Crippen LogP contribution in [0, 0.1) is 0 Å². The molecule has 2 aromatic carbocycles. The molecule has 5 nitrogen and oxygen atoms in total. The lowest BCUT2D eigenvalue weighted by Gasteiger charge is -2.12. The predicted octanol–water partition coefficient (Wildman–Crippen LogP) is 4.92. The minimum atomic E-state index is -0.215. The van der Waals surface area contributed by atoms with E-state index in [0.29, 0.717) is 37.0 Å². The fraction of sp³-hybridized carbons (Fsp3) is 0.318. The number of ether oxygens (including phenoxy) is 3. The topological polar surface area (TPSA) is 56.8 Å². The van der Waals surface area contributed by atoms with Crippen LogP contribution < -0.4 is 19.5 Å². The number of anilines is 1. The van der Waals surface area contributed by atoms with Gasteiger partial charge in [0.1, 0.15) is 5.75 Å². The van der Waals surface area contributed by atoms with Gasteiger partial charge in [0, 0.05) is 17.8 Å². The fourth-order valence-corrected chi connectivity index (χ4v) is 2.38. The molecule has 0 aliphatic rings. The Labute approximate surface area is 161 Å². The quantitative estimate of drug-likeness (QED) is 0.604. The summed E-state index contributed by atoms with van der Waals surface area (Å²) < 4.78 is 16.6. The first-order chi connectivity index (χ1) is 13.2. The summed E-state index contributed by atoms with van der Waals surface area (Å²) in [4.78, 5) is 12.2. The van der Waals surface area contributed by atoms with Crippen molar-refractivity contribution in [3.05, 3.63) is 54.1 Å². The number of hydrogen-bond donors (Lipinski definition) is 1. The van der Waals surface area contributed by atoms with Crippen LogP contribution in [0.25, 0.3) is 6.08 Å². The Balaban J connectivity index is 1.98. The zero-order valence-corrected chi connectivity index (χ0v) is 16.2. The first-order valence-corrected chi connectivity index (χ1v) is 9.27. The third-order valence-electron chi connectivity index (χ3n) is 3.59. The van der Waals surface area contributed by atoms with Gasteiger partial charge in [-0.15, -0.1) is 0 Å². The smallest absolute Gasteiger partial charge is 0.248 e. The third kappa shape index (κ3) is 6.70. The van der Waals surface area contributed by atoms with Gasteiger partial charge >= 0.3 is 0 Å². The number of rotatable bonds is 10. The lowest BCUT2D eigenvalue weighted by atomic mass is 10.2. The van der Waals surface area contributed by atoms with E-state index in [1.54, 1.807) is 24.3 Å². The van der Waals surface area contributed by atoms with Crippen molar-refractivity contribution in [2.24, 2.45) is 0 Å². The van der Waals surface area contributed by atoms with Crippen molar-refractivity contribution in [2.75, 3.05) is 25.1 Å². The molecule has 1 N–H and O–H groups in total. The second-order valence-corrected chi connectivity index (χ2v) is 5.77. The minimum absolute atomic E-state index is 0.215. The molecule has 2 aromatic rings. The van der Waals surface area contributed by atoms with Crippen molar-refractivity contribution in [1.29, 1.82) is 0 Å². The highest BCUT2D eigenvalue weighted by Gasteiger charge is 2.07. The lowest BCUT2D eigenvalue weighted by Crippen LogP contribution is -2.08. The molecule has 144 valence electrons. The van der Waals surface area contributed by atoms with Gasteiger partial charge in [-0.2, -0.15) is 0 Å². The molecule has 0 radical (unpaired) electrons. The number of amides is 1. The zero-order chi connectivity index (χ0) is 19.5. The number of benzene rings is 2. The van der Waals surface area contributed by atoms with Gasteiger partial charge in [-0.05, 0) is 56.2 Å². The van der Waals surface area contributed by atoms with Gasteiger partial charge in [-0.25, -0.2) is 0 Å². The number of hydrogen-bond acceptors (Lipinski definition) is 4. The van der Waals surface area contributed by atoms with Crippen molar-refractivity contribution < 1.29 is 19.0 Å². The van der Waals surface area contributed by atoms with Crippen LogP contribution in [0.4, 0.5) is 5.69 Å². The molecule has 1 amide bonds. The van der Waals surface area contributed by atoms with Crippen LogP contribution in [0.2, 0.25) is 0 Å². The van der Waals surface area contributed by atoms with Crippen LogP contribution in [-0.4, -0.2) is 25.7 Å². The summed E-state index contributed by atoms with van der Waals surface area (Å²) in [7, 11) is 0. The van der Waals surface area contributed by atoms with E-state index in [4.69, 9.17) is 14.2 Å². The van der Waals surface area contributed by atoms with E-state index in [0.717, 1.165) is 17.7 Å². The van der Waals surface area contributed by atoms with Gasteiger partial charge in [0.05, 0.1) is 19.8 Å². The zero-order valence-electron chi connectivity index (χ0n) is 16.2. The molecule has 5 heteroatoms. The number of carbonyl (C=O) groups is 1. The molecule has 0 aliphatic carbocycles. The highest BCUT2D eigenvalue weighted by Crippen LogP contribution is 2.30. The Morgan fingerprint density at radius 2 is 1.63 bits per heavy atom. The first-order valence-electron chi connectivity index (χ1n) is 9.27. The average molecular weight is 369 g/mol. The molecule has 0 bridgehead atoms. The standard InChI is InChI=1S/C22H27NO4/c1-4-15-27-19-11-7-17(8-12-19)9-14-22(24)23-18-10-13-20(25-5-2)21(16-18)26-6-3/h7-14,16H,4-6,15H2,1-3H3,(H,23,24)/b14-9+. The van der Waals surface area contributed by atoms with E-state index in [1.807, 2.05) is 38.1 Å². The Hall–Kier alpha value is -2.95. The van der Waals surface area contributed by atoms with E-state index in [1.165, 1.54) is 6.08 Å². The van der Waals surface area contributed by atoms with Gasteiger partial charge in [0.15, 0.2) is 11.5 Å². The molecular weight excluding hydrogens is 342 g/mol. The molecule has 0 heterocycles. The molecule has 27 heavy (non-hydrogen) atoms. The Kier molecular flexibility index (Phi) is 8.23. The number of nitrogens with one attached hydrogen (secondary N) is 1. The molecule has 2 rings (SSSR count). The average Bonchev–Trinajstić information content (AvgIpc) is 2.68. The first kappa shape index (κ1) is 20.4. The van der Waals surface area contributed by atoms with E-state index in [-0.39, 0.29) is 5.91 Å². The van der Waals surface area contributed by atoms with E-state index >= 15 is 0 Å². The maximum absolute atomic E-state index is 12.2. The molecule has 0 spiro atoms. The van der Waals surface area contributed by atoms with Crippen LogP contribution in [0.15, 0.2) is 48.5 Å². The molecular formula is C22H27NO4. The van der Waals surface area contributed by atoms with Gasteiger partial charge in [0.25, 0.3) is 0 Å². The molecule has 0 unspecified atom stereocenters. The Morgan fingerprint density at radius 3 is 2.30 bits per heavy atom. The van der Waals surface area contributed by atoms with Crippen molar-refractivity contribution in [1.82, 2.24) is 0 Å². The largest absolute Gasteiger partial charge is 0.494 e. The maximum atomic E-state index is 12.2. The van der Waals surface area contributed by atoms with E-state index < -0.39 is 0 Å². The van der Waals surface area contributed by atoms with Crippen molar-refractivity contribution in [3.8, 4) is 17.2 Å². The number of carbonyl (C=O) groups excluding carboxylic acids is 1. The molecule has 0 saturated heterocycles. The van der Waals surface area contributed by atoms with Crippen LogP contribution in [0.5, 0.6) is 17.2 Å². The highest BCUT2D eigenvalue weighted by molar-refractivity contribution is 6.02. The van der Waals surface area contributed by atoms with Crippen LogP contribution >= 0.6 is 0 Å². The van der Waals surface area contributed by atoms with Gasteiger partial charge in [0.2, 0.25) is 5.91 Å². The van der Waals surface area contributed by atoms with Crippen molar-refractivity contribution in [2.45, 2.75) is 27.2 Å². The van der Waals surface area contributed by atoms with Crippen LogP contribution in [-0.2, 0) is 4.79 Å². The Morgan fingerprint density at radius 1 is 0.926 bits per heavy atom. The summed E-state index contributed by atoms with van der Waals surface area (Å²) in [5, 5.41) is 2.83. The monoisotopic (exact) mass is 369 g/mol.